The van der Waals surface area contributed by atoms with Crippen LogP contribution in [0.1, 0.15) is 19.9 Å². The second-order valence-corrected chi connectivity index (χ2v) is 5.35. The van der Waals surface area contributed by atoms with Crippen molar-refractivity contribution in [3.63, 3.8) is 0 Å². The third kappa shape index (κ3) is 1.67. The predicted molar refractivity (Wildman–Crippen MR) is 75.6 cm³/mol. The molecule has 4 nitrogen and oxygen atoms in total. The van der Waals surface area contributed by atoms with E-state index < -0.39 is 0 Å². The number of hydrogen-bond donors (Lipinski definition) is 1. The number of rotatable bonds is 2. The molecule has 0 saturated carbocycles. The first-order valence-corrected chi connectivity index (χ1v) is 6.73. The van der Waals surface area contributed by atoms with Crippen LogP contribution in [-0.2, 0) is 0 Å². The lowest BCUT2D eigenvalue weighted by atomic mass is 10.3. The van der Waals surface area contributed by atoms with E-state index in [9.17, 15) is 0 Å². The average Bonchev–Trinajstić information content (AvgIpc) is 2.91. The largest absolute Gasteiger partial charge is 0.375 e. The summed E-state index contributed by atoms with van der Waals surface area (Å²) in [4.78, 5) is 9.00. The van der Waals surface area contributed by atoms with Crippen LogP contribution in [0.5, 0.6) is 0 Å². The first kappa shape index (κ1) is 11.2. The number of thiazole rings is 1. The molecule has 0 aliphatic carbocycles. The third-order valence-electron chi connectivity index (χ3n) is 2.86. The van der Waals surface area contributed by atoms with E-state index in [0.29, 0.717) is 11.2 Å². The summed E-state index contributed by atoms with van der Waals surface area (Å²) in [6.45, 7) is 4.29. The zero-order valence-electron chi connectivity index (χ0n) is 10.3. The summed E-state index contributed by atoms with van der Waals surface area (Å²) in [5, 5.41) is 2.53. The highest BCUT2D eigenvalue weighted by molar-refractivity contribution is 7.13. The number of nitrogens with two attached hydrogens (primary N) is 1. The number of anilines is 1. The fourth-order valence-corrected chi connectivity index (χ4v) is 2.68. The molecule has 5 heteroatoms. The Bertz CT molecular complexity index is 696. The Morgan fingerprint density at radius 2 is 2.00 bits per heavy atom. The molecule has 0 fully saturated rings. The number of hydrogen-bond acceptors (Lipinski definition) is 4. The Hall–Kier alpha value is -1.88. The molecule has 3 rings (SSSR count). The van der Waals surface area contributed by atoms with Gasteiger partial charge in [0.25, 0.3) is 0 Å². The Morgan fingerprint density at radius 3 is 2.67 bits per heavy atom. The van der Waals surface area contributed by atoms with E-state index in [0.717, 1.165) is 22.6 Å². The lowest BCUT2D eigenvalue weighted by molar-refractivity contribution is 0.623. The fraction of sp³-hybridized carbons (Fsp3) is 0.231. The molecule has 18 heavy (non-hydrogen) atoms. The van der Waals surface area contributed by atoms with Crippen LogP contribution in [-0.4, -0.2) is 14.5 Å². The van der Waals surface area contributed by atoms with Crippen LogP contribution in [0.2, 0.25) is 0 Å². The molecular formula is C13H14N4S. The summed E-state index contributed by atoms with van der Waals surface area (Å²) >= 11 is 1.44. The number of para-hydroxylation sites is 2. The zero-order chi connectivity index (χ0) is 12.7. The maximum Gasteiger partial charge on any atom is 0.180 e. The lowest BCUT2D eigenvalue weighted by Gasteiger charge is -2.11. The van der Waals surface area contributed by atoms with Gasteiger partial charge in [0, 0.05) is 11.4 Å². The summed E-state index contributed by atoms with van der Waals surface area (Å²) in [6.07, 6.45) is 0. The van der Waals surface area contributed by atoms with Crippen molar-refractivity contribution in [2.75, 3.05) is 5.73 Å². The summed E-state index contributed by atoms with van der Waals surface area (Å²) in [6, 6.07) is 8.46. The molecular weight excluding hydrogens is 244 g/mol. The minimum atomic E-state index is 0.329. The molecule has 0 saturated heterocycles. The van der Waals surface area contributed by atoms with Crippen molar-refractivity contribution in [3.05, 3.63) is 29.6 Å². The Labute approximate surface area is 109 Å². The van der Waals surface area contributed by atoms with Gasteiger partial charge in [0.2, 0.25) is 0 Å². The van der Waals surface area contributed by atoms with Crippen molar-refractivity contribution < 1.29 is 0 Å². The van der Waals surface area contributed by atoms with Crippen LogP contribution in [0.3, 0.4) is 0 Å². The fourth-order valence-electron chi connectivity index (χ4n) is 2.14. The van der Waals surface area contributed by atoms with Crippen LogP contribution in [0.4, 0.5) is 5.13 Å². The summed E-state index contributed by atoms with van der Waals surface area (Å²) < 4.78 is 2.20. The molecule has 0 spiro atoms. The van der Waals surface area contributed by atoms with Gasteiger partial charge in [0.05, 0.1) is 11.0 Å². The third-order valence-corrected chi connectivity index (χ3v) is 3.54. The van der Waals surface area contributed by atoms with Gasteiger partial charge in [0.1, 0.15) is 5.69 Å². The molecule has 92 valence electrons. The van der Waals surface area contributed by atoms with Crippen LogP contribution in [0.25, 0.3) is 22.6 Å². The normalized spacial score (nSPS) is 11.5. The van der Waals surface area contributed by atoms with Crippen LogP contribution in [0.15, 0.2) is 29.6 Å². The zero-order valence-corrected chi connectivity index (χ0v) is 11.1. The second kappa shape index (κ2) is 4.10. The van der Waals surface area contributed by atoms with Gasteiger partial charge in [-0.25, -0.2) is 9.97 Å². The Balaban J connectivity index is 2.31. The first-order chi connectivity index (χ1) is 8.66. The number of benzene rings is 1. The van der Waals surface area contributed by atoms with Crippen LogP contribution in [0, 0.1) is 0 Å². The minimum Gasteiger partial charge on any atom is -0.375 e. The van der Waals surface area contributed by atoms with E-state index in [-0.39, 0.29) is 0 Å². The summed E-state index contributed by atoms with van der Waals surface area (Å²) in [5.74, 6) is 0.888. The molecule has 2 aromatic heterocycles. The number of nitrogens with zero attached hydrogens (tertiary/aromatic N) is 3. The lowest BCUT2D eigenvalue weighted by Crippen LogP contribution is -2.03. The van der Waals surface area contributed by atoms with Gasteiger partial charge in [0.15, 0.2) is 11.0 Å². The Morgan fingerprint density at radius 1 is 1.22 bits per heavy atom. The number of imidazole rings is 1. The van der Waals surface area contributed by atoms with Crippen LogP contribution >= 0.6 is 11.3 Å². The molecule has 1 aromatic carbocycles. The van der Waals surface area contributed by atoms with Gasteiger partial charge in [-0.15, -0.1) is 11.3 Å². The minimum absolute atomic E-state index is 0.329. The molecule has 2 N–H and O–H groups in total. The molecule has 0 unspecified atom stereocenters. The summed E-state index contributed by atoms with van der Waals surface area (Å²) in [7, 11) is 0. The van der Waals surface area contributed by atoms with Crippen molar-refractivity contribution >= 4 is 27.5 Å². The SMILES string of the molecule is CC(C)n1c(-c2csc(N)n2)nc2ccccc21. The maximum absolute atomic E-state index is 5.71. The van der Waals surface area contributed by atoms with E-state index >= 15 is 0 Å². The van der Waals surface area contributed by atoms with Gasteiger partial charge >= 0.3 is 0 Å². The highest BCUT2D eigenvalue weighted by atomic mass is 32.1. The molecule has 0 aliphatic heterocycles. The van der Waals surface area contributed by atoms with E-state index in [1.54, 1.807) is 0 Å². The summed E-state index contributed by atoms with van der Waals surface area (Å²) in [5.41, 5.74) is 8.68. The van der Waals surface area contributed by atoms with Crippen molar-refractivity contribution in [2.45, 2.75) is 19.9 Å². The second-order valence-electron chi connectivity index (χ2n) is 4.46. The molecule has 0 atom stereocenters. The molecule has 0 aliphatic rings. The highest BCUT2D eigenvalue weighted by Gasteiger charge is 2.16. The molecule has 0 amide bonds. The van der Waals surface area contributed by atoms with Gasteiger partial charge < -0.3 is 10.3 Å². The first-order valence-electron chi connectivity index (χ1n) is 5.85. The maximum atomic E-state index is 5.71. The molecule has 3 aromatic rings. The highest BCUT2D eigenvalue weighted by Crippen LogP contribution is 2.29. The van der Waals surface area contributed by atoms with Crippen molar-refractivity contribution in [1.29, 1.82) is 0 Å². The van der Waals surface area contributed by atoms with E-state index in [1.807, 2.05) is 23.6 Å². The van der Waals surface area contributed by atoms with Gasteiger partial charge in [-0.2, -0.15) is 0 Å². The quantitative estimate of drug-likeness (QED) is 0.767. The van der Waals surface area contributed by atoms with Gasteiger partial charge in [-0.1, -0.05) is 12.1 Å². The van der Waals surface area contributed by atoms with Gasteiger partial charge in [-0.05, 0) is 26.0 Å². The van der Waals surface area contributed by atoms with Crippen molar-refractivity contribution in [1.82, 2.24) is 14.5 Å². The van der Waals surface area contributed by atoms with E-state index in [1.165, 1.54) is 11.3 Å². The van der Waals surface area contributed by atoms with E-state index in [2.05, 4.69) is 34.4 Å². The average molecular weight is 258 g/mol. The molecule has 0 radical (unpaired) electrons. The van der Waals surface area contributed by atoms with Crippen molar-refractivity contribution in [3.8, 4) is 11.5 Å². The molecule has 0 bridgehead atoms. The van der Waals surface area contributed by atoms with Crippen LogP contribution < -0.4 is 5.73 Å². The topological polar surface area (TPSA) is 56.7 Å². The Kier molecular flexibility index (Phi) is 2.56. The van der Waals surface area contributed by atoms with Gasteiger partial charge in [-0.3, -0.25) is 0 Å². The standard InChI is InChI=1S/C13H14N4S/c1-8(2)17-11-6-4-3-5-9(11)15-12(17)10-7-18-13(14)16-10/h3-8H,1-2H3,(H2,14,16). The number of fused-ring (bicyclic) bond motifs is 1. The predicted octanol–water partition coefficient (Wildman–Crippen LogP) is 3.32. The molecule has 2 heterocycles. The van der Waals surface area contributed by atoms with E-state index in [4.69, 9.17) is 5.73 Å². The monoisotopic (exact) mass is 258 g/mol. The number of nitrogen functional groups attached to an aromatic ring is 1. The smallest absolute Gasteiger partial charge is 0.180 e. The van der Waals surface area contributed by atoms with Crippen molar-refractivity contribution in [2.24, 2.45) is 0 Å². The number of aromatic nitrogens is 3.